The van der Waals surface area contributed by atoms with Crippen molar-refractivity contribution in [3.63, 3.8) is 0 Å². The van der Waals surface area contributed by atoms with Crippen molar-refractivity contribution in [1.82, 2.24) is 15.0 Å². The van der Waals surface area contributed by atoms with Crippen LogP contribution in [0.5, 0.6) is 0 Å². The molecule has 3 N–H and O–H groups in total. The largest absolute Gasteiger partial charge is 0.387 e. The van der Waals surface area contributed by atoms with E-state index in [0.29, 0.717) is 29.9 Å². The summed E-state index contributed by atoms with van der Waals surface area (Å²) < 4.78 is 13.9. The predicted molar refractivity (Wildman–Crippen MR) is 74.1 cm³/mol. The van der Waals surface area contributed by atoms with Gasteiger partial charge in [0, 0.05) is 12.7 Å². The lowest BCUT2D eigenvalue weighted by atomic mass is 9.92. The number of nitrogens with two attached hydrogens (primary N) is 1. The highest BCUT2D eigenvalue weighted by atomic mass is 19.1. The first-order valence-electron chi connectivity index (χ1n) is 6.47. The van der Waals surface area contributed by atoms with Gasteiger partial charge in [-0.3, -0.25) is 4.98 Å². The molecule has 1 aliphatic heterocycles. The van der Waals surface area contributed by atoms with Gasteiger partial charge in [0.1, 0.15) is 11.7 Å². The maximum atomic E-state index is 13.9. The van der Waals surface area contributed by atoms with Crippen LogP contribution >= 0.6 is 0 Å². The molecular weight excluding hydrogens is 261 g/mol. The smallest absolute Gasteiger partial charge is 0.228 e. The molecule has 2 aromatic heterocycles. The van der Waals surface area contributed by atoms with Gasteiger partial charge in [-0.2, -0.15) is 4.98 Å². The summed E-state index contributed by atoms with van der Waals surface area (Å²) in [6.45, 7) is 2.05. The first kappa shape index (κ1) is 13.0. The van der Waals surface area contributed by atoms with Crippen molar-refractivity contribution in [3.8, 4) is 0 Å². The lowest BCUT2D eigenvalue weighted by molar-refractivity contribution is -0.0332. The molecule has 0 radical (unpaired) electrons. The van der Waals surface area contributed by atoms with E-state index in [2.05, 4.69) is 15.0 Å². The van der Waals surface area contributed by atoms with E-state index in [1.54, 1.807) is 23.2 Å². The number of piperidine rings is 1. The Morgan fingerprint density at radius 1 is 1.50 bits per heavy atom. The minimum Gasteiger partial charge on any atom is -0.387 e. The highest BCUT2D eigenvalue weighted by Gasteiger charge is 2.38. The number of hydrogen-bond donors (Lipinski definition) is 2. The monoisotopic (exact) mass is 277 g/mol. The molecule has 0 aliphatic carbocycles. The molecule has 0 spiro atoms. The van der Waals surface area contributed by atoms with Crippen molar-refractivity contribution < 1.29 is 9.50 Å². The summed E-state index contributed by atoms with van der Waals surface area (Å²) in [6, 6.07) is 3.55. The minimum atomic E-state index is -1.34. The lowest BCUT2D eigenvalue weighted by Crippen LogP contribution is -2.52. The van der Waals surface area contributed by atoms with Crippen molar-refractivity contribution >= 4 is 22.8 Å². The number of alkyl halides is 1. The molecule has 1 aliphatic rings. The fraction of sp³-hybridized carbons (Fsp3) is 0.462. The first-order valence-corrected chi connectivity index (χ1v) is 6.47. The normalized spacial score (nSPS) is 26.9. The van der Waals surface area contributed by atoms with Crippen molar-refractivity contribution in [2.45, 2.75) is 25.1 Å². The first-order chi connectivity index (χ1) is 9.47. The fourth-order valence-electron chi connectivity index (χ4n) is 2.30. The summed E-state index contributed by atoms with van der Waals surface area (Å²) in [6.07, 6.45) is 0.602. The van der Waals surface area contributed by atoms with Crippen LogP contribution < -0.4 is 10.6 Å². The Hall–Kier alpha value is -2.02. The van der Waals surface area contributed by atoms with Crippen molar-refractivity contribution in [3.05, 3.63) is 18.3 Å². The van der Waals surface area contributed by atoms with Gasteiger partial charge < -0.3 is 15.7 Å². The van der Waals surface area contributed by atoms with Gasteiger partial charge in [0.05, 0.1) is 17.7 Å². The molecule has 0 amide bonds. The summed E-state index contributed by atoms with van der Waals surface area (Å²) in [5.41, 5.74) is 5.74. The number of nitrogen functional groups attached to an aromatic ring is 1. The molecule has 1 saturated heterocycles. The summed E-state index contributed by atoms with van der Waals surface area (Å²) >= 11 is 0. The number of anilines is 2. The number of nitrogens with zero attached hydrogens (tertiary/aromatic N) is 4. The highest BCUT2D eigenvalue weighted by Crippen LogP contribution is 2.28. The molecule has 7 heteroatoms. The van der Waals surface area contributed by atoms with Crippen LogP contribution in [0.2, 0.25) is 0 Å². The molecule has 20 heavy (non-hydrogen) atoms. The number of aromatic nitrogens is 3. The second kappa shape index (κ2) is 4.52. The van der Waals surface area contributed by atoms with Gasteiger partial charge in [0.25, 0.3) is 0 Å². The van der Waals surface area contributed by atoms with Crippen molar-refractivity contribution in [1.29, 1.82) is 0 Å². The minimum absolute atomic E-state index is 0.0538. The van der Waals surface area contributed by atoms with Gasteiger partial charge in [-0.15, -0.1) is 0 Å². The topological polar surface area (TPSA) is 88.2 Å². The van der Waals surface area contributed by atoms with E-state index in [4.69, 9.17) is 5.73 Å². The number of hydrogen-bond acceptors (Lipinski definition) is 6. The van der Waals surface area contributed by atoms with Gasteiger partial charge >= 0.3 is 0 Å². The zero-order valence-electron chi connectivity index (χ0n) is 11.1. The Kier molecular flexibility index (Phi) is 2.93. The summed E-state index contributed by atoms with van der Waals surface area (Å²) in [4.78, 5) is 14.4. The molecule has 0 aromatic carbocycles. The van der Waals surface area contributed by atoms with Gasteiger partial charge in [0.2, 0.25) is 5.95 Å². The van der Waals surface area contributed by atoms with E-state index in [0.717, 1.165) is 0 Å². The molecule has 0 bridgehead atoms. The van der Waals surface area contributed by atoms with Crippen LogP contribution in [-0.4, -0.2) is 44.9 Å². The van der Waals surface area contributed by atoms with E-state index in [1.807, 2.05) is 0 Å². The Morgan fingerprint density at radius 2 is 2.30 bits per heavy atom. The third kappa shape index (κ3) is 2.14. The quantitative estimate of drug-likeness (QED) is 0.805. The maximum Gasteiger partial charge on any atom is 0.228 e. The summed E-state index contributed by atoms with van der Waals surface area (Å²) in [5, 5.41) is 9.86. The van der Waals surface area contributed by atoms with E-state index < -0.39 is 11.8 Å². The van der Waals surface area contributed by atoms with Crippen LogP contribution in [0.1, 0.15) is 13.3 Å². The van der Waals surface area contributed by atoms with Gasteiger partial charge in [0.15, 0.2) is 5.82 Å². The summed E-state index contributed by atoms with van der Waals surface area (Å²) in [5.74, 6) is 0.652. The second-order valence-electron chi connectivity index (χ2n) is 5.30. The Bertz CT molecular complexity index is 648. The second-order valence-corrected chi connectivity index (χ2v) is 5.30. The Balaban J connectivity index is 1.95. The average Bonchev–Trinajstić information content (AvgIpc) is 2.42. The van der Waals surface area contributed by atoms with E-state index >= 15 is 0 Å². The van der Waals surface area contributed by atoms with Gasteiger partial charge in [-0.1, -0.05) is 0 Å². The molecule has 0 saturated carbocycles. The number of fused-ring (bicyclic) bond motifs is 1. The van der Waals surface area contributed by atoms with Crippen LogP contribution in [-0.2, 0) is 0 Å². The number of aliphatic hydroxyl groups is 1. The predicted octanol–water partition coefficient (Wildman–Crippen LogP) is 0.906. The fourth-order valence-corrected chi connectivity index (χ4v) is 2.30. The average molecular weight is 277 g/mol. The van der Waals surface area contributed by atoms with Crippen LogP contribution in [0.4, 0.5) is 16.2 Å². The Labute approximate surface area is 115 Å². The zero-order valence-corrected chi connectivity index (χ0v) is 11.1. The van der Waals surface area contributed by atoms with Crippen molar-refractivity contribution in [2.75, 3.05) is 23.7 Å². The molecule has 106 valence electrons. The molecule has 6 nitrogen and oxygen atoms in total. The molecular formula is C13H16FN5O. The molecule has 1 fully saturated rings. The molecule has 3 heterocycles. The molecule has 2 atom stereocenters. The van der Waals surface area contributed by atoms with Crippen LogP contribution in [0.15, 0.2) is 18.3 Å². The molecule has 0 unspecified atom stereocenters. The highest BCUT2D eigenvalue weighted by molar-refractivity contribution is 5.84. The third-order valence-corrected chi connectivity index (χ3v) is 3.70. The van der Waals surface area contributed by atoms with Crippen molar-refractivity contribution in [2.24, 2.45) is 0 Å². The third-order valence-electron chi connectivity index (χ3n) is 3.70. The number of rotatable bonds is 1. The van der Waals surface area contributed by atoms with E-state index in [-0.39, 0.29) is 12.4 Å². The van der Waals surface area contributed by atoms with Crippen LogP contribution in [0.25, 0.3) is 11.0 Å². The molecule has 3 rings (SSSR count). The summed E-state index contributed by atoms with van der Waals surface area (Å²) in [7, 11) is 0. The van der Waals surface area contributed by atoms with Gasteiger partial charge in [-0.25, -0.2) is 9.37 Å². The van der Waals surface area contributed by atoms with Crippen LogP contribution in [0.3, 0.4) is 0 Å². The van der Waals surface area contributed by atoms with Crippen LogP contribution in [0, 0.1) is 0 Å². The van der Waals surface area contributed by atoms with Gasteiger partial charge in [-0.05, 0) is 25.5 Å². The SMILES string of the molecule is C[C@]1(O)CCN(c2nc(N)c3ncccc3n2)C[C@H]1F. The molecule has 2 aromatic rings. The Morgan fingerprint density at radius 3 is 3.05 bits per heavy atom. The lowest BCUT2D eigenvalue weighted by Gasteiger charge is -2.38. The van der Waals surface area contributed by atoms with E-state index in [1.165, 1.54) is 6.92 Å². The zero-order chi connectivity index (χ0) is 14.3. The standard InChI is InChI=1S/C13H16FN5O/c1-13(20)4-6-19(7-9(13)14)12-17-8-3-2-5-16-10(8)11(15)18-12/h2-3,5,9,20H,4,6-7H2,1H3,(H2,15,17,18)/t9-,13+/m1/s1. The van der Waals surface area contributed by atoms with E-state index in [9.17, 15) is 9.50 Å². The number of pyridine rings is 1. The number of halogens is 1. The maximum absolute atomic E-state index is 13.9.